The summed E-state index contributed by atoms with van der Waals surface area (Å²) in [6, 6.07) is 20.4. The minimum atomic E-state index is -3.95. The first-order valence-corrected chi connectivity index (χ1v) is 10.9. The van der Waals surface area contributed by atoms with Gasteiger partial charge in [0.15, 0.2) is 0 Å². The second-order valence-corrected chi connectivity index (χ2v) is 8.87. The second-order valence-electron chi connectivity index (χ2n) is 7.00. The van der Waals surface area contributed by atoms with Gasteiger partial charge in [0.25, 0.3) is 10.0 Å². The van der Waals surface area contributed by atoms with Crippen LogP contribution in [0, 0.1) is 12.7 Å². The van der Waals surface area contributed by atoms with E-state index < -0.39 is 22.0 Å². The van der Waals surface area contributed by atoms with Crippen LogP contribution in [0.1, 0.15) is 24.1 Å². The highest BCUT2D eigenvalue weighted by molar-refractivity contribution is 7.92. The number of rotatable bonds is 7. The van der Waals surface area contributed by atoms with Gasteiger partial charge in [-0.15, -0.1) is 0 Å². The molecule has 3 aromatic carbocycles. The van der Waals surface area contributed by atoms with E-state index in [1.807, 2.05) is 13.0 Å². The predicted molar refractivity (Wildman–Crippen MR) is 115 cm³/mol. The second kappa shape index (κ2) is 9.09. The number of amides is 1. The van der Waals surface area contributed by atoms with Gasteiger partial charge in [0, 0.05) is 0 Å². The van der Waals surface area contributed by atoms with Crippen LogP contribution in [0.4, 0.5) is 10.1 Å². The molecular formula is C23H23FN2O3S. The van der Waals surface area contributed by atoms with E-state index in [1.165, 1.54) is 24.3 Å². The number of benzene rings is 3. The largest absolute Gasteiger partial charge is 0.348 e. The van der Waals surface area contributed by atoms with Gasteiger partial charge in [-0.3, -0.25) is 9.10 Å². The van der Waals surface area contributed by atoms with Crippen LogP contribution >= 0.6 is 0 Å². The van der Waals surface area contributed by atoms with Crippen molar-refractivity contribution in [1.82, 2.24) is 5.32 Å². The lowest BCUT2D eigenvalue weighted by molar-refractivity contribution is -0.120. The van der Waals surface area contributed by atoms with Crippen LogP contribution in [0.15, 0.2) is 83.8 Å². The monoisotopic (exact) mass is 426 g/mol. The third kappa shape index (κ3) is 5.04. The molecule has 1 atom stereocenters. The van der Waals surface area contributed by atoms with Crippen molar-refractivity contribution >= 4 is 21.6 Å². The Labute approximate surface area is 176 Å². The summed E-state index contributed by atoms with van der Waals surface area (Å²) < 4.78 is 40.8. The molecule has 1 amide bonds. The zero-order valence-electron chi connectivity index (χ0n) is 16.7. The maximum Gasteiger partial charge on any atom is 0.264 e. The lowest BCUT2D eigenvalue weighted by Crippen LogP contribution is -2.41. The van der Waals surface area contributed by atoms with Crippen molar-refractivity contribution in [3.05, 3.63) is 95.8 Å². The number of sulfonamides is 1. The van der Waals surface area contributed by atoms with Gasteiger partial charge in [-0.2, -0.15) is 0 Å². The molecule has 5 nitrogen and oxygen atoms in total. The van der Waals surface area contributed by atoms with Gasteiger partial charge in [-0.05, 0) is 61.4 Å². The standard InChI is InChI=1S/C23H23FN2O3S/c1-17-7-6-8-21(15-17)26(30(28,29)22-9-4-3-5-10-22)16-23(27)25-18(2)19-11-13-20(24)14-12-19/h3-15,18H,16H2,1-2H3,(H,25,27)/t18-/m0/s1. The molecule has 0 aliphatic heterocycles. The number of halogens is 1. The van der Waals surface area contributed by atoms with E-state index in [0.29, 0.717) is 5.69 Å². The average molecular weight is 427 g/mol. The molecule has 0 fully saturated rings. The quantitative estimate of drug-likeness (QED) is 0.616. The van der Waals surface area contributed by atoms with Crippen LogP contribution < -0.4 is 9.62 Å². The molecule has 0 heterocycles. The van der Waals surface area contributed by atoms with Gasteiger partial charge < -0.3 is 5.32 Å². The Morgan fingerprint density at radius 2 is 1.67 bits per heavy atom. The molecule has 30 heavy (non-hydrogen) atoms. The lowest BCUT2D eigenvalue weighted by Gasteiger charge is -2.25. The van der Waals surface area contributed by atoms with Crippen molar-refractivity contribution in [2.45, 2.75) is 24.8 Å². The molecule has 0 spiro atoms. The first-order valence-electron chi connectivity index (χ1n) is 9.46. The summed E-state index contributed by atoms with van der Waals surface area (Å²) in [6.07, 6.45) is 0. The number of nitrogens with one attached hydrogen (secondary N) is 1. The number of hydrogen-bond acceptors (Lipinski definition) is 3. The Hall–Kier alpha value is -3.19. The van der Waals surface area contributed by atoms with Gasteiger partial charge in [0.1, 0.15) is 12.4 Å². The third-order valence-corrected chi connectivity index (χ3v) is 6.44. The van der Waals surface area contributed by atoms with E-state index in [1.54, 1.807) is 55.5 Å². The number of carbonyl (C=O) groups excluding carboxylic acids is 1. The Morgan fingerprint density at radius 3 is 2.30 bits per heavy atom. The molecule has 7 heteroatoms. The minimum absolute atomic E-state index is 0.103. The molecular weight excluding hydrogens is 403 g/mol. The van der Waals surface area contributed by atoms with Crippen LogP contribution in [-0.2, 0) is 14.8 Å². The number of carbonyl (C=O) groups is 1. The first kappa shape index (κ1) is 21.5. The van der Waals surface area contributed by atoms with Crippen LogP contribution in [0.5, 0.6) is 0 Å². The fourth-order valence-corrected chi connectivity index (χ4v) is 4.50. The van der Waals surface area contributed by atoms with E-state index in [9.17, 15) is 17.6 Å². The van der Waals surface area contributed by atoms with E-state index in [2.05, 4.69) is 5.32 Å². The van der Waals surface area contributed by atoms with Crippen molar-refractivity contribution in [2.24, 2.45) is 0 Å². The summed E-state index contributed by atoms with van der Waals surface area (Å²) in [5, 5.41) is 2.79. The lowest BCUT2D eigenvalue weighted by atomic mass is 10.1. The number of hydrogen-bond donors (Lipinski definition) is 1. The average Bonchev–Trinajstić information content (AvgIpc) is 2.73. The minimum Gasteiger partial charge on any atom is -0.348 e. The van der Waals surface area contributed by atoms with Gasteiger partial charge in [-0.25, -0.2) is 12.8 Å². The molecule has 0 unspecified atom stereocenters. The molecule has 0 aliphatic carbocycles. The van der Waals surface area contributed by atoms with Gasteiger partial charge in [-0.1, -0.05) is 42.5 Å². The van der Waals surface area contributed by atoms with Crippen molar-refractivity contribution in [2.75, 3.05) is 10.8 Å². The third-order valence-electron chi connectivity index (χ3n) is 4.66. The molecule has 0 saturated carbocycles. The topological polar surface area (TPSA) is 66.5 Å². The smallest absolute Gasteiger partial charge is 0.264 e. The maximum absolute atomic E-state index is 13.3. The zero-order valence-corrected chi connectivity index (χ0v) is 17.6. The highest BCUT2D eigenvalue weighted by atomic mass is 32.2. The molecule has 3 rings (SSSR count). The molecule has 0 aromatic heterocycles. The fraction of sp³-hybridized carbons (Fsp3) is 0.174. The Bertz CT molecular complexity index is 1120. The highest BCUT2D eigenvalue weighted by Gasteiger charge is 2.27. The fourth-order valence-electron chi connectivity index (χ4n) is 3.07. The molecule has 0 radical (unpaired) electrons. The van der Waals surface area contributed by atoms with Crippen molar-refractivity contribution in [3.63, 3.8) is 0 Å². The number of nitrogens with zero attached hydrogens (tertiary/aromatic N) is 1. The summed E-state index contributed by atoms with van der Waals surface area (Å²) in [5.41, 5.74) is 2.00. The van der Waals surface area contributed by atoms with E-state index in [-0.39, 0.29) is 17.3 Å². The zero-order chi connectivity index (χ0) is 21.7. The summed E-state index contributed by atoms with van der Waals surface area (Å²) in [7, 11) is -3.95. The molecule has 0 bridgehead atoms. The predicted octanol–water partition coefficient (Wildman–Crippen LogP) is 4.21. The number of aryl methyl sites for hydroxylation is 1. The Kier molecular flexibility index (Phi) is 6.52. The molecule has 3 aromatic rings. The van der Waals surface area contributed by atoms with E-state index >= 15 is 0 Å². The summed E-state index contributed by atoms with van der Waals surface area (Å²) in [4.78, 5) is 12.9. The molecule has 0 aliphatic rings. The summed E-state index contributed by atoms with van der Waals surface area (Å²) in [6.45, 7) is 3.23. The van der Waals surface area contributed by atoms with Crippen LogP contribution in [0.25, 0.3) is 0 Å². The van der Waals surface area contributed by atoms with Crippen molar-refractivity contribution in [1.29, 1.82) is 0 Å². The van der Waals surface area contributed by atoms with E-state index in [4.69, 9.17) is 0 Å². The number of anilines is 1. The maximum atomic E-state index is 13.3. The van der Waals surface area contributed by atoms with Crippen LogP contribution in [-0.4, -0.2) is 20.9 Å². The molecule has 0 saturated heterocycles. The summed E-state index contributed by atoms with van der Waals surface area (Å²) in [5.74, 6) is -0.829. The normalized spacial score (nSPS) is 12.2. The highest BCUT2D eigenvalue weighted by Crippen LogP contribution is 2.24. The molecule has 1 N–H and O–H groups in total. The van der Waals surface area contributed by atoms with Gasteiger partial charge in [0.2, 0.25) is 5.91 Å². The van der Waals surface area contributed by atoms with Crippen LogP contribution in [0.2, 0.25) is 0 Å². The molecule has 156 valence electrons. The van der Waals surface area contributed by atoms with Gasteiger partial charge in [0.05, 0.1) is 16.6 Å². The van der Waals surface area contributed by atoms with Crippen LogP contribution in [0.3, 0.4) is 0 Å². The summed E-state index contributed by atoms with van der Waals surface area (Å²) >= 11 is 0. The van der Waals surface area contributed by atoms with Crippen molar-refractivity contribution < 1.29 is 17.6 Å². The van der Waals surface area contributed by atoms with Gasteiger partial charge >= 0.3 is 0 Å². The van der Waals surface area contributed by atoms with Crippen molar-refractivity contribution in [3.8, 4) is 0 Å². The van der Waals surface area contributed by atoms with E-state index in [0.717, 1.165) is 15.4 Å². The first-order chi connectivity index (χ1) is 14.3. The Balaban J connectivity index is 1.87. The SMILES string of the molecule is Cc1cccc(N(CC(=O)N[C@@H](C)c2ccc(F)cc2)S(=O)(=O)c2ccccc2)c1. The Morgan fingerprint density at radius 1 is 1.00 bits per heavy atom.